The van der Waals surface area contributed by atoms with E-state index in [0.29, 0.717) is 6.42 Å². The van der Waals surface area contributed by atoms with Crippen LogP contribution < -0.4 is 5.32 Å². The van der Waals surface area contributed by atoms with Crippen molar-refractivity contribution in [1.29, 1.82) is 0 Å². The van der Waals surface area contributed by atoms with Crippen LogP contribution in [-0.2, 0) is 14.3 Å². The van der Waals surface area contributed by atoms with E-state index in [1.807, 2.05) is 6.92 Å². The highest BCUT2D eigenvalue weighted by Gasteiger charge is 2.44. The molecule has 1 fully saturated rings. The van der Waals surface area contributed by atoms with Crippen LogP contribution in [0, 0.1) is 5.92 Å². The van der Waals surface area contributed by atoms with Crippen LogP contribution in [0.5, 0.6) is 0 Å². The predicted octanol–water partition coefficient (Wildman–Crippen LogP) is 8.25. The second-order valence-corrected chi connectivity index (χ2v) is 15.7. The molecule has 9 nitrogen and oxygen atoms in total. The van der Waals surface area contributed by atoms with Gasteiger partial charge in [-0.05, 0) is 12.8 Å². The highest BCUT2D eigenvalue weighted by molar-refractivity contribution is 5.78. The lowest BCUT2D eigenvalue weighted by Gasteiger charge is -2.40. The Hall–Kier alpha value is -0.810. The predicted molar refractivity (Wildman–Crippen MR) is 207 cm³/mol. The van der Waals surface area contributed by atoms with E-state index in [9.17, 15) is 30.3 Å². The van der Waals surface area contributed by atoms with Gasteiger partial charge in [-0.2, -0.15) is 0 Å². The number of nitrogens with one attached hydrogen (secondary N) is 1. The Morgan fingerprint density at radius 2 is 1.00 bits per heavy atom. The largest absolute Gasteiger partial charge is 0.394 e. The molecule has 1 heterocycles. The molecule has 0 radical (unpaired) electrons. The Morgan fingerprint density at radius 3 is 1.43 bits per heavy atom. The second-order valence-electron chi connectivity index (χ2n) is 15.7. The highest BCUT2D eigenvalue weighted by Crippen LogP contribution is 2.23. The van der Waals surface area contributed by atoms with Gasteiger partial charge in [-0.3, -0.25) is 4.79 Å². The Labute approximate surface area is 313 Å². The molecule has 0 aromatic heterocycles. The molecule has 0 aromatic carbocycles. The maximum Gasteiger partial charge on any atom is 0.223 e. The van der Waals surface area contributed by atoms with Crippen LogP contribution in [0.25, 0.3) is 0 Å². The van der Waals surface area contributed by atoms with Gasteiger partial charge in [0, 0.05) is 5.92 Å². The number of hydrogen-bond donors (Lipinski definition) is 6. The molecule has 9 heteroatoms. The summed E-state index contributed by atoms with van der Waals surface area (Å²) in [4.78, 5) is 13.1. The maximum absolute atomic E-state index is 13.1. The molecule has 1 saturated heterocycles. The molecule has 0 aliphatic carbocycles. The van der Waals surface area contributed by atoms with Gasteiger partial charge in [0.2, 0.25) is 5.91 Å². The molecule has 51 heavy (non-hydrogen) atoms. The average molecular weight is 730 g/mol. The summed E-state index contributed by atoms with van der Waals surface area (Å²) < 4.78 is 11.2. The van der Waals surface area contributed by atoms with Gasteiger partial charge in [0.15, 0.2) is 6.29 Å². The fourth-order valence-electron chi connectivity index (χ4n) is 7.15. The molecule has 0 spiro atoms. The molecule has 6 N–H and O–H groups in total. The van der Waals surface area contributed by atoms with Crippen molar-refractivity contribution < 1.29 is 39.8 Å². The van der Waals surface area contributed by atoms with Crippen LogP contribution in [0.1, 0.15) is 201 Å². The highest BCUT2D eigenvalue weighted by atomic mass is 16.7. The van der Waals surface area contributed by atoms with Gasteiger partial charge < -0.3 is 40.3 Å². The topological polar surface area (TPSA) is 149 Å². The van der Waals surface area contributed by atoms with E-state index in [4.69, 9.17) is 9.47 Å². The number of aliphatic hydroxyl groups excluding tert-OH is 5. The van der Waals surface area contributed by atoms with Gasteiger partial charge >= 0.3 is 0 Å². The fraction of sp³-hybridized carbons (Fsp3) is 0.976. The molecule has 1 rings (SSSR count). The van der Waals surface area contributed by atoms with E-state index < -0.39 is 49.5 Å². The summed E-state index contributed by atoms with van der Waals surface area (Å²) in [7, 11) is 0. The van der Waals surface area contributed by atoms with Crippen LogP contribution in [0.15, 0.2) is 0 Å². The minimum absolute atomic E-state index is 0.143. The number of carbonyl (C=O) groups is 1. The van der Waals surface area contributed by atoms with Crippen molar-refractivity contribution >= 4 is 5.91 Å². The summed E-state index contributed by atoms with van der Waals surface area (Å²) >= 11 is 0. The van der Waals surface area contributed by atoms with Crippen molar-refractivity contribution in [3.8, 4) is 0 Å². The first kappa shape index (κ1) is 48.2. The Morgan fingerprint density at radius 1 is 0.608 bits per heavy atom. The van der Waals surface area contributed by atoms with Crippen molar-refractivity contribution in [2.24, 2.45) is 5.92 Å². The summed E-state index contributed by atoms with van der Waals surface area (Å²) in [6.45, 7) is 5.62. The van der Waals surface area contributed by atoms with Crippen molar-refractivity contribution in [2.75, 3.05) is 13.2 Å². The molecule has 1 amide bonds. The molecule has 8 atom stereocenters. The molecule has 304 valence electrons. The first-order valence-corrected chi connectivity index (χ1v) is 21.7. The standard InChI is InChI=1S/C42H83NO8/c1-4-6-8-10-11-12-13-14-15-16-17-18-19-20-21-22-23-24-25-26-27-28-30-34(3)41(49)43-35(36(45)31-29-9-7-5-2)33-50-42-40(48)39(47)38(46)37(32-44)51-42/h34-40,42,44-48H,4-33H2,1-3H3,(H,43,49)/t34?,35-,36+,37?,38-,39?,40?,42-/m0/s1. The monoisotopic (exact) mass is 730 g/mol. The number of carbonyl (C=O) groups excluding carboxylic acids is 1. The Bertz CT molecular complexity index is 786. The van der Waals surface area contributed by atoms with Gasteiger partial charge in [-0.1, -0.05) is 188 Å². The van der Waals surface area contributed by atoms with Gasteiger partial charge in [-0.15, -0.1) is 0 Å². The molecule has 0 bridgehead atoms. The lowest BCUT2D eigenvalue weighted by atomic mass is 9.98. The van der Waals surface area contributed by atoms with Gasteiger partial charge in [0.05, 0.1) is 25.4 Å². The molecular formula is C42H83NO8. The summed E-state index contributed by atoms with van der Waals surface area (Å²) in [5.41, 5.74) is 0. The summed E-state index contributed by atoms with van der Waals surface area (Å²) in [6.07, 6.45) is 27.1. The number of aliphatic hydroxyl groups is 5. The number of amides is 1. The van der Waals surface area contributed by atoms with Gasteiger partial charge in [-0.25, -0.2) is 0 Å². The molecule has 0 saturated carbocycles. The first-order chi connectivity index (χ1) is 24.8. The summed E-state index contributed by atoms with van der Waals surface area (Å²) in [5.74, 6) is -0.356. The lowest BCUT2D eigenvalue weighted by molar-refractivity contribution is -0.302. The summed E-state index contributed by atoms with van der Waals surface area (Å²) in [5, 5.41) is 53.9. The van der Waals surface area contributed by atoms with E-state index in [2.05, 4.69) is 19.2 Å². The van der Waals surface area contributed by atoms with Gasteiger partial charge in [0.25, 0.3) is 0 Å². The third kappa shape index (κ3) is 23.6. The third-order valence-electron chi connectivity index (χ3n) is 10.9. The van der Waals surface area contributed by atoms with E-state index in [0.717, 1.165) is 44.9 Å². The minimum Gasteiger partial charge on any atom is -0.394 e. The van der Waals surface area contributed by atoms with Crippen LogP contribution >= 0.6 is 0 Å². The average Bonchev–Trinajstić information content (AvgIpc) is 3.13. The fourth-order valence-corrected chi connectivity index (χ4v) is 7.15. The number of unbranched alkanes of at least 4 members (excludes halogenated alkanes) is 24. The van der Waals surface area contributed by atoms with Crippen molar-refractivity contribution in [1.82, 2.24) is 5.32 Å². The zero-order chi connectivity index (χ0) is 37.5. The van der Waals surface area contributed by atoms with Crippen molar-refractivity contribution in [3.05, 3.63) is 0 Å². The lowest BCUT2D eigenvalue weighted by Crippen LogP contribution is -2.60. The van der Waals surface area contributed by atoms with Crippen LogP contribution in [0.2, 0.25) is 0 Å². The molecule has 1 aliphatic rings. The number of ether oxygens (including phenoxy) is 2. The van der Waals surface area contributed by atoms with E-state index in [1.165, 1.54) is 128 Å². The minimum atomic E-state index is -1.55. The molecule has 1 aliphatic heterocycles. The van der Waals surface area contributed by atoms with E-state index in [-0.39, 0.29) is 18.4 Å². The van der Waals surface area contributed by atoms with E-state index >= 15 is 0 Å². The van der Waals surface area contributed by atoms with Gasteiger partial charge in [0.1, 0.15) is 24.4 Å². The SMILES string of the molecule is CCCCCCCCCCCCCCCCCCCCCCCCC(C)C(=O)N[C@@H](CO[C@H]1OC(CO)[C@H](O)C(O)C1O)[C@H](O)CCCCCC. The maximum atomic E-state index is 13.1. The van der Waals surface area contributed by atoms with Crippen molar-refractivity contribution in [3.63, 3.8) is 0 Å². The van der Waals surface area contributed by atoms with E-state index in [1.54, 1.807) is 0 Å². The molecule has 4 unspecified atom stereocenters. The molecule has 0 aromatic rings. The number of hydrogen-bond acceptors (Lipinski definition) is 8. The quantitative estimate of drug-likeness (QED) is 0.0358. The Kier molecular flexibility index (Phi) is 30.8. The summed E-state index contributed by atoms with van der Waals surface area (Å²) in [6, 6.07) is -0.724. The number of rotatable bonds is 35. The van der Waals surface area contributed by atoms with Crippen LogP contribution in [0.4, 0.5) is 0 Å². The van der Waals surface area contributed by atoms with Crippen LogP contribution in [0.3, 0.4) is 0 Å². The molecular weight excluding hydrogens is 646 g/mol. The van der Waals surface area contributed by atoms with Crippen LogP contribution in [-0.4, -0.2) is 87.5 Å². The normalized spacial score (nSPS) is 22.5. The zero-order valence-corrected chi connectivity index (χ0v) is 33.3. The smallest absolute Gasteiger partial charge is 0.223 e. The first-order valence-electron chi connectivity index (χ1n) is 21.7. The van der Waals surface area contributed by atoms with Crippen molar-refractivity contribution in [2.45, 2.75) is 243 Å². The third-order valence-corrected chi connectivity index (χ3v) is 10.9. The zero-order valence-electron chi connectivity index (χ0n) is 33.3. The second kappa shape index (κ2) is 32.6. The Balaban J connectivity index is 2.17.